The number of aromatic nitrogens is 4. The molecule has 0 spiro atoms. The minimum absolute atomic E-state index is 0.0184. The first-order chi connectivity index (χ1) is 15.7. The molecule has 1 unspecified atom stereocenters. The van der Waals surface area contributed by atoms with Crippen molar-refractivity contribution >= 4 is 28.4 Å². The molecular weight excluding hydrogens is 422 g/mol. The van der Waals surface area contributed by atoms with E-state index in [0.717, 1.165) is 16.7 Å². The number of amides is 1. The third kappa shape index (κ3) is 3.97. The quantitative estimate of drug-likeness (QED) is 0.455. The average Bonchev–Trinajstić information content (AvgIpc) is 3.13. The number of ketones is 1. The molecular formula is C24H25N5O4. The highest BCUT2D eigenvalue weighted by Gasteiger charge is 2.19. The van der Waals surface area contributed by atoms with Crippen molar-refractivity contribution in [3.63, 3.8) is 0 Å². The van der Waals surface area contributed by atoms with Gasteiger partial charge in [-0.2, -0.15) is 0 Å². The van der Waals surface area contributed by atoms with Crippen molar-refractivity contribution in [3.8, 4) is 0 Å². The highest BCUT2D eigenvalue weighted by Crippen LogP contribution is 2.14. The molecule has 4 rings (SSSR count). The second-order valence-electron chi connectivity index (χ2n) is 8.24. The number of Topliss-reactive ketones (excluding diaryl/α,β-unsaturated/α-hetero) is 1. The van der Waals surface area contributed by atoms with Crippen molar-refractivity contribution in [2.45, 2.75) is 39.8 Å². The third-order valence-corrected chi connectivity index (χ3v) is 5.81. The van der Waals surface area contributed by atoms with Gasteiger partial charge in [-0.15, -0.1) is 5.10 Å². The summed E-state index contributed by atoms with van der Waals surface area (Å²) >= 11 is 0. The minimum Gasteiger partial charge on any atom is -0.350 e. The van der Waals surface area contributed by atoms with Gasteiger partial charge in [0, 0.05) is 24.2 Å². The van der Waals surface area contributed by atoms with Crippen LogP contribution in [0.15, 0.2) is 52.1 Å². The number of nitrogens with zero attached hydrogens (tertiary/aromatic N) is 4. The molecule has 0 saturated heterocycles. The monoisotopic (exact) mass is 447 g/mol. The van der Waals surface area contributed by atoms with Crippen molar-refractivity contribution in [1.29, 1.82) is 0 Å². The molecule has 0 bridgehead atoms. The van der Waals surface area contributed by atoms with Gasteiger partial charge in [0.1, 0.15) is 6.54 Å². The van der Waals surface area contributed by atoms with Crippen LogP contribution in [-0.4, -0.2) is 36.5 Å². The number of hydrogen-bond donors (Lipinski definition) is 1. The normalized spacial score (nSPS) is 12.2. The van der Waals surface area contributed by atoms with E-state index in [1.807, 2.05) is 32.9 Å². The predicted octanol–water partition coefficient (Wildman–Crippen LogP) is 2.07. The summed E-state index contributed by atoms with van der Waals surface area (Å²) in [4.78, 5) is 51.4. The fourth-order valence-electron chi connectivity index (χ4n) is 3.61. The maximum atomic E-state index is 13.2. The zero-order valence-corrected chi connectivity index (χ0v) is 19.0. The average molecular weight is 447 g/mol. The van der Waals surface area contributed by atoms with Crippen LogP contribution in [0, 0.1) is 6.92 Å². The van der Waals surface area contributed by atoms with E-state index >= 15 is 0 Å². The number of hydrogen-bond acceptors (Lipinski definition) is 5. The molecule has 2 aromatic carbocycles. The Morgan fingerprint density at radius 2 is 1.73 bits per heavy atom. The summed E-state index contributed by atoms with van der Waals surface area (Å²) < 4.78 is 3.57. The van der Waals surface area contributed by atoms with Gasteiger partial charge in [0.25, 0.3) is 11.5 Å². The van der Waals surface area contributed by atoms with Crippen LogP contribution in [0.2, 0.25) is 0 Å². The number of aryl methyl sites for hydroxylation is 2. The summed E-state index contributed by atoms with van der Waals surface area (Å²) in [7, 11) is 1.51. The molecule has 33 heavy (non-hydrogen) atoms. The summed E-state index contributed by atoms with van der Waals surface area (Å²) in [6.45, 7) is 5.51. The molecule has 0 aliphatic heterocycles. The number of rotatable bonds is 6. The van der Waals surface area contributed by atoms with Gasteiger partial charge in [-0.3, -0.25) is 19.0 Å². The number of fused-ring (bicyclic) bond motifs is 3. The molecule has 0 saturated carbocycles. The Bertz CT molecular complexity index is 1510. The SMILES string of the molecule is CCC(C)NC(=O)c1ccc2c(=O)n(C)c3nn(CC(=O)c4ccc(C)cc4)c(=O)n3c2c1. The second-order valence-corrected chi connectivity index (χ2v) is 8.24. The van der Waals surface area contributed by atoms with Crippen LogP contribution in [0.4, 0.5) is 0 Å². The lowest BCUT2D eigenvalue weighted by molar-refractivity contribution is 0.0937. The van der Waals surface area contributed by atoms with Gasteiger partial charge < -0.3 is 5.32 Å². The summed E-state index contributed by atoms with van der Waals surface area (Å²) in [6, 6.07) is 11.6. The summed E-state index contributed by atoms with van der Waals surface area (Å²) in [5, 5.41) is 7.40. The van der Waals surface area contributed by atoms with Gasteiger partial charge in [-0.25, -0.2) is 13.9 Å². The molecule has 0 aliphatic carbocycles. The van der Waals surface area contributed by atoms with Crippen molar-refractivity contribution < 1.29 is 9.59 Å². The Kier molecular flexibility index (Phi) is 5.71. The van der Waals surface area contributed by atoms with Gasteiger partial charge in [0.2, 0.25) is 5.78 Å². The van der Waals surface area contributed by atoms with Gasteiger partial charge in [0.15, 0.2) is 5.78 Å². The molecule has 9 heteroatoms. The molecule has 170 valence electrons. The topological polar surface area (TPSA) is 107 Å². The Balaban J connectivity index is 1.84. The third-order valence-electron chi connectivity index (χ3n) is 5.81. The van der Waals surface area contributed by atoms with Crippen LogP contribution in [0.3, 0.4) is 0 Å². The van der Waals surface area contributed by atoms with Crippen LogP contribution in [0.5, 0.6) is 0 Å². The van der Waals surface area contributed by atoms with Crippen LogP contribution in [0.25, 0.3) is 16.7 Å². The molecule has 1 atom stereocenters. The fourth-order valence-corrected chi connectivity index (χ4v) is 3.61. The van der Waals surface area contributed by atoms with Gasteiger partial charge >= 0.3 is 5.69 Å². The first-order valence-electron chi connectivity index (χ1n) is 10.7. The largest absolute Gasteiger partial charge is 0.352 e. The number of carbonyl (C=O) groups excluding carboxylic acids is 2. The maximum absolute atomic E-state index is 13.2. The van der Waals surface area contributed by atoms with Crippen molar-refractivity contribution in [3.05, 3.63) is 80.0 Å². The van der Waals surface area contributed by atoms with E-state index < -0.39 is 5.69 Å². The Hall–Kier alpha value is -4.01. The van der Waals surface area contributed by atoms with E-state index in [0.29, 0.717) is 11.1 Å². The first kappa shape index (κ1) is 22.2. The molecule has 1 amide bonds. The minimum atomic E-state index is -0.564. The van der Waals surface area contributed by atoms with Crippen LogP contribution >= 0.6 is 0 Å². The number of benzene rings is 2. The lowest BCUT2D eigenvalue weighted by atomic mass is 10.1. The van der Waals surface area contributed by atoms with E-state index in [1.54, 1.807) is 18.2 Å². The van der Waals surface area contributed by atoms with E-state index in [2.05, 4.69) is 10.4 Å². The summed E-state index contributed by atoms with van der Waals surface area (Å²) in [5.41, 5.74) is 1.16. The van der Waals surface area contributed by atoms with Gasteiger partial charge in [-0.1, -0.05) is 36.8 Å². The lowest BCUT2D eigenvalue weighted by Crippen LogP contribution is -2.32. The smallest absolute Gasteiger partial charge is 0.350 e. The highest BCUT2D eigenvalue weighted by molar-refractivity contribution is 5.98. The second kappa shape index (κ2) is 8.50. The molecule has 0 aliphatic rings. The van der Waals surface area contributed by atoms with E-state index in [4.69, 9.17) is 0 Å². The Morgan fingerprint density at radius 3 is 2.39 bits per heavy atom. The maximum Gasteiger partial charge on any atom is 0.352 e. The van der Waals surface area contributed by atoms with Gasteiger partial charge in [0.05, 0.1) is 10.9 Å². The van der Waals surface area contributed by atoms with Gasteiger partial charge in [-0.05, 0) is 38.5 Å². The summed E-state index contributed by atoms with van der Waals surface area (Å²) in [5.74, 6) is -0.479. The van der Waals surface area contributed by atoms with Crippen molar-refractivity contribution in [1.82, 2.24) is 24.1 Å². The molecule has 9 nitrogen and oxygen atoms in total. The molecule has 4 aromatic rings. The molecule has 0 radical (unpaired) electrons. The first-order valence-corrected chi connectivity index (χ1v) is 10.7. The standard InChI is InChI=1S/C24H25N5O4/c1-5-15(3)25-21(31)17-10-11-18-19(12-17)29-23(27(4)22(18)32)26-28(24(29)33)13-20(30)16-8-6-14(2)7-9-16/h6-12,15H,5,13H2,1-4H3,(H,25,31). The lowest BCUT2D eigenvalue weighted by Gasteiger charge is -2.12. The molecule has 2 aromatic heterocycles. The number of nitrogens with one attached hydrogen (secondary N) is 1. The fraction of sp³-hybridized carbons (Fsp3) is 0.292. The highest BCUT2D eigenvalue weighted by atomic mass is 16.2. The van der Waals surface area contributed by atoms with Crippen LogP contribution in [-0.2, 0) is 13.6 Å². The van der Waals surface area contributed by atoms with Crippen LogP contribution in [0.1, 0.15) is 46.5 Å². The summed E-state index contributed by atoms with van der Waals surface area (Å²) in [6.07, 6.45) is 0.769. The predicted molar refractivity (Wildman–Crippen MR) is 125 cm³/mol. The van der Waals surface area contributed by atoms with E-state index in [-0.39, 0.29) is 46.5 Å². The van der Waals surface area contributed by atoms with E-state index in [1.165, 1.54) is 28.1 Å². The molecule has 2 heterocycles. The Morgan fingerprint density at radius 1 is 1.06 bits per heavy atom. The zero-order valence-electron chi connectivity index (χ0n) is 19.0. The zero-order chi connectivity index (χ0) is 23.9. The Labute approximate surface area is 189 Å². The van der Waals surface area contributed by atoms with Crippen molar-refractivity contribution in [2.24, 2.45) is 7.05 Å². The molecule has 0 fully saturated rings. The molecule has 1 N–H and O–H groups in total. The van der Waals surface area contributed by atoms with Crippen LogP contribution < -0.4 is 16.6 Å². The van der Waals surface area contributed by atoms with Crippen molar-refractivity contribution in [2.75, 3.05) is 0 Å². The van der Waals surface area contributed by atoms with E-state index in [9.17, 15) is 19.2 Å². The number of carbonyl (C=O) groups is 2.